The van der Waals surface area contributed by atoms with Crippen LogP contribution in [0.15, 0.2) is 4.99 Å². The monoisotopic (exact) mass is 484 g/mol. The van der Waals surface area contributed by atoms with Gasteiger partial charge in [-0.2, -0.15) is 0 Å². The number of hydrogen-bond acceptors (Lipinski definition) is 4. The Hall–Kier alpha value is -1.06. The normalized spacial score (nSPS) is 11.4. The summed E-state index contributed by atoms with van der Waals surface area (Å²) in [7, 11) is 3.44. The van der Waals surface area contributed by atoms with Gasteiger partial charge in [0, 0.05) is 33.6 Å². The fourth-order valence-electron chi connectivity index (χ4n) is 1.98. The van der Waals surface area contributed by atoms with E-state index < -0.39 is 5.60 Å². The molecule has 8 heteroatoms. The third-order valence-electron chi connectivity index (χ3n) is 3.24. The lowest BCUT2D eigenvalue weighted by Crippen LogP contribution is -2.38. The first-order chi connectivity index (χ1) is 11.7. The number of hydrogen-bond donors (Lipinski definition) is 2. The molecule has 154 valence electrons. The van der Waals surface area contributed by atoms with E-state index in [0.29, 0.717) is 12.4 Å². The smallest absolute Gasteiger partial charge is 0.306 e. The number of nitrogens with zero attached hydrogens (tertiary/aromatic N) is 2. The number of carbonyl (C=O) groups excluding carboxylic acids is 2. The number of ether oxygens (including phenoxy) is 1. The van der Waals surface area contributed by atoms with Crippen molar-refractivity contribution in [1.29, 1.82) is 0 Å². The molecule has 0 bridgehead atoms. The summed E-state index contributed by atoms with van der Waals surface area (Å²) in [5, 5.41) is 6.34. The second kappa shape index (κ2) is 15.0. The molecular weight excluding hydrogens is 447 g/mol. The van der Waals surface area contributed by atoms with Gasteiger partial charge in [0.05, 0.1) is 0 Å². The second-order valence-electron chi connectivity index (χ2n) is 7.16. The molecule has 0 saturated heterocycles. The minimum atomic E-state index is -0.406. The lowest BCUT2D eigenvalue weighted by molar-refractivity contribution is -0.154. The Labute approximate surface area is 175 Å². The number of unbranched alkanes of at least 4 members (excludes halogenated alkanes) is 3. The number of nitrogens with one attached hydrogen (secondary N) is 2. The van der Waals surface area contributed by atoms with E-state index in [1.807, 2.05) is 27.7 Å². The summed E-state index contributed by atoms with van der Waals surface area (Å²) in [6.45, 7) is 9.30. The number of halogens is 1. The molecule has 0 spiro atoms. The van der Waals surface area contributed by atoms with Gasteiger partial charge in [-0.1, -0.05) is 12.8 Å². The van der Waals surface area contributed by atoms with Crippen LogP contribution in [0.5, 0.6) is 0 Å². The van der Waals surface area contributed by atoms with Crippen LogP contribution in [0.4, 0.5) is 0 Å². The van der Waals surface area contributed by atoms with Crippen LogP contribution in [-0.4, -0.2) is 62.1 Å². The lowest BCUT2D eigenvalue weighted by Gasteiger charge is -2.19. The van der Waals surface area contributed by atoms with Crippen molar-refractivity contribution in [3.8, 4) is 0 Å². The van der Waals surface area contributed by atoms with Crippen molar-refractivity contribution >= 4 is 41.8 Å². The van der Waals surface area contributed by atoms with Crippen molar-refractivity contribution < 1.29 is 14.3 Å². The highest BCUT2D eigenvalue weighted by Crippen LogP contribution is 2.10. The fraction of sp³-hybridized carbons (Fsp3) is 0.833. The van der Waals surface area contributed by atoms with Gasteiger partial charge in [0.25, 0.3) is 0 Å². The summed E-state index contributed by atoms with van der Waals surface area (Å²) in [5.41, 5.74) is -0.406. The van der Waals surface area contributed by atoms with E-state index in [0.717, 1.165) is 38.8 Å². The van der Waals surface area contributed by atoms with E-state index >= 15 is 0 Å². The third kappa shape index (κ3) is 16.4. The minimum absolute atomic E-state index is 0. The van der Waals surface area contributed by atoms with Crippen LogP contribution in [0.3, 0.4) is 0 Å². The summed E-state index contributed by atoms with van der Waals surface area (Å²) < 4.78 is 5.28. The Balaban J connectivity index is 0. The Bertz CT molecular complexity index is 435. The largest absolute Gasteiger partial charge is 0.460 e. The quantitative estimate of drug-likeness (QED) is 0.164. The van der Waals surface area contributed by atoms with Crippen molar-refractivity contribution in [3.63, 3.8) is 0 Å². The topological polar surface area (TPSA) is 83.0 Å². The molecule has 0 radical (unpaired) electrons. The molecule has 0 aromatic rings. The number of likely N-dealkylation sites (N-methyl/N-ethyl adjacent to an activating group) is 1. The van der Waals surface area contributed by atoms with Crippen LogP contribution in [0.2, 0.25) is 0 Å². The predicted octanol–water partition coefficient (Wildman–Crippen LogP) is 2.54. The fourth-order valence-corrected chi connectivity index (χ4v) is 1.98. The molecule has 7 nitrogen and oxygen atoms in total. The molecule has 0 aliphatic rings. The molecule has 26 heavy (non-hydrogen) atoms. The standard InChI is InChI=1S/C18H36N4O3.HI/c1-7-19-17(21-14-15(23)22(5)6)20-13-11-9-8-10-12-16(24)25-18(2,3)4;/h7-14H2,1-6H3,(H2,19,20,21);1H. The van der Waals surface area contributed by atoms with Gasteiger partial charge in [-0.15, -0.1) is 24.0 Å². The Morgan fingerprint density at radius 1 is 1.04 bits per heavy atom. The van der Waals surface area contributed by atoms with Gasteiger partial charge in [0.2, 0.25) is 5.91 Å². The van der Waals surface area contributed by atoms with Crippen LogP contribution < -0.4 is 10.6 Å². The van der Waals surface area contributed by atoms with Crippen LogP contribution in [0.25, 0.3) is 0 Å². The number of guanidine groups is 1. The molecule has 0 unspecified atom stereocenters. The number of carbonyl (C=O) groups is 2. The van der Waals surface area contributed by atoms with Gasteiger partial charge in [-0.25, -0.2) is 4.99 Å². The first kappa shape index (κ1) is 27.2. The molecule has 2 N–H and O–H groups in total. The molecule has 0 heterocycles. The zero-order valence-electron chi connectivity index (χ0n) is 17.2. The average Bonchev–Trinajstić information content (AvgIpc) is 2.49. The number of esters is 1. The summed E-state index contributed by atoms with van der Waals surface area (Å²) in [6, 6.07) is 0. The number of aliphatic imine (C=N–C) groups is 1. The Morgan fingerprint density at radius 2 is 1.65 bits per heavy atom. The van der Waals surface area contributed by atoms with Crippen LogP contribution in [-0.2, 0) is 14.3 Å². The summed E-state index contributed by atoms with van der Waals surface area (Å²) in [6.07, 6.45) is 4.34. The molecule has 1 amide bonds. The highest BCUT2D eigenvalue weighted by molar-refractivity contribution is 14.0. The third-order valence-corrected chi connectivity index (χ3v) is 3.24. The second-order valence-corrected chi connectivity index (χ2v) is 7.16. The maximum absolute atomic E-state index is 11.6. The first-order valence-corrected chi connectivity index (χ1v) is 9.10. The molecule has 0 saturated carbocycles. The summed E-state index contributed by atoms with van der Waals surface area (Å²) in [5.74, 6) is 0.503. The molecule has 0 aliphatic heterocycles. The zero-order valence-corrected chi connectivity index (χ0v) is 19.5. The Morgan fingerprint density at radius 3 is 2.19 bits per heavy atom. The van der Waals surface area contributed by atoms with Gasteiger partial charge in [-0.05, 0) is 40.5 Å². The number of rotatable bonds is 10. The van der Waals surface area contributed by atoms with Crippen LogP contribution in [0.1, 0.15) is 59.8 Å². The summed E-state index contributed by atoms with van der Waals surface area (Å²) in [4.78, 5) is 29.0. The van der Waals surface area contributed by atoms with E-state index in [1.165, 1.54) is 4.90 Å². The molecule has 0 atom stereocenters. The van der Waals surface area contributed by atoms with E-state index in [9.17, 15) is 9.59 Å². The highest BCUT2D eigenvalue weighted by atomic mass is 127. The van der Waals surface area contributed by atoms with Gasteiger partial charge >= 0.3 is 5.97 Å². The predicted molar refractivity (Wildman–Crippen MR) is 117 cm³/mol. The molecule has 0 aromatic carbocycles. The van der Waals surface area contributed by atoms with Crippen molar-refractivity contribution in [2.75, 3.05) is 33.7 Å². The molecule has 0 aromatic heterocycles. The van der Waals surface area contributed by atoms with Crippen molar-refractivity contribution in [2.45, 2.75) is 65.4 Å². The van der Waals surface area contributed by atoms with Crippen molar-refractivity contribution in [3.05, 3.63) is 0 Å². The SMILES string of the molecule is CCNC(=NCC(=O)N(C)C)NCCCCCCC(=O)OC(C)(C)C.I. The van der Waals surface area contributed by atoms with Crippen molar-refractivity contribution in [1.82, 2.24) is 15.5 Å². The van der Waals surface area contributed by atoms with Gasteiger partial charge < -0.3 is 20.3 Å². The maximum atomic E-state index is 11.6. The minimum Gasteiger partial charge on any atom is -0.460 e. The molecule has 0 rings (SSSR count). The maximum Gasteiger partial charge on any atom is 0.306 e. The molecule has 0 fully saturated rings. The van der Waals surface area contributed by atoms with E-state index in [4.69, 9.17) is 4.74 Å². The van der Waals surface area contributed by atoms with E-state index in [1.54, 1.807) is 14.1 Å². The lowest BCUT2D eigenvalue weighted by atomic mass is 10.1. The molecular formula is C18H37IN4O3. The summed E-state index contributed by atoms with van der Waals surface area (Å²) >= 11 is 0. The number of amides is 1. The van der Waals surface area contributed by atoms with Crippen LogP contribution >= 0.6 is 24.0 Å². The first-order valence-electron chi connectivity index (χ1n) is 9.10. The average molecular weight is 484 g/mol. The van der Waals surface area contributed by atoms with E-state index in [2.05, 4.69) is 15.6 Å². The van der Waals surface area contributed by atoms with Crippen LogP contribution in [0, 0.1) is 0 Å². The van der Waals surface area contributed by atoms with E-state index in [-0.39, 0.29) is 42.4 Å². The van der Waals surface area contributed by atoms with Gasteiger partial charge in [-0.3, -0.25) is 9.59 Å². The van der Waals surface area contributed by atoms with Gasteiger partial charge in [0.15, 0.2) is 5.96 Å². The zero-order chi connectivity index (χ0) is 19.3. The van der Waals surface area contributed by atoms with Gasteiger partial charge in [0.1, 0.15) is 12.1 Å². The van der Waals surface area contributed by atoms with Crippen molar-refractivity contribution in [2.24, 2.45) is 4.99 Å². The molecule has 0 aliphatic carbocycles. The Kier molecular flexibility index (Phi) is 15.7. The highest BCUT2D eigenvalue weighted by Gasteiger charge is 2.15.